The lowest BCUT2D eigenvalue weighted by atomic mass is 10.2. The number of carbonyl (C=O) groups excluding carboxylic acids is 1. The predicted molar refractivity (Wildman–Crippen MR) is 61.5 cm³/mol. The zero-order valence-corrected chi connectivity index (χ0v) is 9.37. The lowest BCUT2D eigenvalue weighted by molar-refractivity contribution is 0.0929. The van der Waals surface area contributed by atoms with Gasteiger partial charge in [-0.25, -0.2) is 4.98 Å². The number of nitrogens with zero attached hydrogens (tertiary/aromatic N) is 2. The zero-order chi connectivity index (χ0) is 11.3. The van der Waals surface area contributed by atoms with E-state index >= 15 is 0 Å². The van der Waals surface area contributed by atoms with Gasteiger partial charge in [-0.3, -0.25) is 4.79 Å². The molecule has 16 heavy (non-hydrogen) atoms. The van der Waals surface area contributed by atoms with E-state index in [2.05, 4.69) is 17.2 Å². The van der Waals surface area contributed by atoms with Crippen molar-refractivity contribution in [1.82, 2.24) is 14.9 Å². The average Bonchev–Trinajstić information content (AvgIpc) is 2.59. The van der Waals surface area contributed by atoms with E-state index < -0.39 is 0 Å². The minimum absolute atomic E-state index is 0.00121. The maximum atomic E-state index is 11.7. The summed E-state index contributed by atoms with van der Waals surface area (Å²) in [4.78, 5) is 16.2. The Kier molecular flexibility index (Phi) is 1.80. The first kappa shape index (κ1) is 9.39. The molecule has 1 aliphatic heterocycles. The van der Waals surface area contributed by atoms with Gasteiger partial charge in [0.05, 0.1) is 0 Å². The molecule has 4 heteroatoms. The van der Waals surface area contributed by atoms with E-state index in [1.54, 1.807) is 0 Å². The summed E-state index contributed by atoms with van der Waals surface area (Å²) in [5, 5.41) is 3.93. The Morgan fingerprint density at radius 1 is 1.38 bits per heavy atom. The van der Waals surface area contributed by atoms with E-state index in [0.717, 1.165) is 29.0 Å². The van der Waals surface area contributed by atoms with Gasteiger partial charge in [0, 0.05) is 24.2 Å². The smallest absolute Gasteiger partial charge is 0.268 e. The van der Waals surface area contributed by atoms with Gasteiger partial charge >= 0.3 is 0 Å². The summed E-state index contributed by atoms with van der Waals surface area (Å²) >= 11 is 0. The molecule has 0 saturated heterocycles. The molecule has 2 aromatic heterocycles. The molecule has 1 N–H and O–H groups in total. The van der Waals surface area contributed by atoms with Crippen LogP contribution in [0, 0.1) is 13.8 Å². The van der Waals surface area contributed by atoms with Gasteiger partial charge in [0.15, 0.2) is 0 Å². The summed E-state index contributed by atoms with van der Waals surface area (Å²) in [6.45, 7) is 5.53. The van der Waals surface area contributed by atoms with Crippen LogP contribution in [-0.4, -0.2) is 22.0 Å². The topological polar surface area (TPSA) is 46.9 Å². The number of amides is 1. The molecular formula is C12H13N3O. The molecule has 2 aromatic rings. The third-order valence-corrected chi connectivity index (χ3v) is 3.05. The lowest BCUT2D eigenvalue weighted by Gasteiger charge is -2.16. The molecule has 0 atom stereocenters. The third kappa shape index (κ3) is 1.16. The molecule has 0 saturated carbocycles. The Bertz CT molecular complexity index is 598. The summed E-state index contributed by atoms with van der Waals surface area (Å²) in [6.07, 6.45) is 0. The molecule has 82 valence electrons. The number of hydrogen-bond acceptors (Lipinski definition) is 2. The molecular weight excluding hydrogens is 202 g/mol. The van der Waals surface area contributed by atoms with Crippen LogP contribution in [0.2, 0.25) is 0 Å². The van der Waals surface area contributed by atoms with Crippen molar-refractivity contribution < 1.29 is 4.79 Å². The third-order valence-electron chi connectivity index (χ3n) is 3.05. The highest BCUT2D eigenvalue weighted by atomic mass is 16.2. The Hall–Kier alpha value is -1.84. The number of aryl methyl sites for hydroxylation is 2. The number of carbonyl (C=O) groups is 1. The Morgan fingerprint density at radius 3 is 3.00 bits per heavy atom. The van der Waals surface area contributed by atoms with Crippen LogP contribution >= 0.6 is 0 Å². The van der Waals surface area contributed by atoms with Gasteiger partial charge in [-0.15, -0.1) is 0 Å². The second-order valence-corrected chi connectivity index (χ2v) is 4.25. The zero-order valence-electron chi connectivity index (χ0n) is 9.37. The van der Waals surface area contributed by atoms with Crippen molar-refractivity contribution >= 4 is 16.9 Å². The summed E-state index contributed by atoms with van der Waals surface area (Å²) in [6, 6.07) is 3.98. The van der Waals surface area contributed by atoms with Crippen molar-refractivity contribution in [2.45, 2.75) is 20.4 Å². The van der Waals surface area contributed by atoms with Gasteiger partial charge in [-0.1, -0.05) is 0 Å². The molecule has 1 aliphatic rings. The van der Waals surface area contributed by atoms with E-state index in [-0.39, 0.29) is 5.91 Å². The monoisotopic (exact) mass is 215 g/mol. The summed E-state index contributed by atoms with van der Waals surface area (Å²) in [5.74, 6) is 0.00121. The summed E-state index contributed by atoms with van der Waals surface area (Å²) in [7, 11) is 0. The van der Waals surface area contributed by atoms with Crippen LogP contribution in [0.3, 0.4) is 0 Å². The highest BCUT2D eigenvalue weighted by molar-refractivity contribution is 5.99. The van der Waals surface area contributed by atoms with Crippen LogP contribution < -0.4 is 5.32 Å². The van der Waals surface area contributed by atoms with Gasteiger partial charge in [0.25, 0.3) is 5.91 Å². The predicted octanol–water partition coefficient (Wildman–Crippen LogP) is 1.40. The molecule has 4 nitrogen and oxygen atoms in total. The Labute approximate surface area is 93.3 Å². The molecule has 0 spiro atoms. The number of aromatic nitrogens is 2. The minimum Gasteiger partial charge on any atom is -0.349 e. The first-order valence-corrected chi connectivity index (χ1v) is 5.42. The second kappa shape index (κ2) is 3.07. The molecule has 1 amide bonds. The molecule has 0 radical (unpaired) electrons. The van der Waals surface area contributed by atoms with Crippen LogP contribution in [0.5, 0.6) is 0 Å². The van der Waals surface area contributed by atoms with Crippen LogP contribution in [-0.2, 0) is 6.54 Å². The van der Waals surface area contributed by atoms with Crippen molar-refractivity contribution in [3.63, 3.8) is 0 Å². The number of rotatable bonds is 0. The van der Waals surface area contributed by atoms with Crippen molar-refractivity contribution in [2.75, 3.05) is 6.54 Å². The molecule has 0 aliphatic carbocycles. The number of fused-ring (bicyclic) bond motifs is 3. The van der Waals surface area contributed by atoms with Crippen LogP contribution in [0.4, 0.5) is 0 Å². The standard InChI is InChI=1S/C12H13N3O/c1-7-5-8(2)14-11-9(7)6-10-12(16)13-3-4-15(10)11/h5-6H,3-4H2,1-2H3,(H,13,16). The highest BCUT2D eigenvalue weighted by Crippen LogP contribution is 2.23. The molecule has 3 heterocycles. The minimum atomic E-state index is 0.00121. The van der Waals surface area contributed by atoms with Gasteiger partial charge in [-0.2, -0.15) is 0 Å². The highest BCUT2D eigenvalue weighted by Gasteiger charge is 2.20. The maximum Gasteiger partial charge on any atom is 0.268 e. The Balaban J connectivity index is 2.40. The molecule has 0 aromatic carbocycles. The summed E-state index contributed by atoms with van der Waals surface area (Å²) in [5.41, 5.74) is 3.83. The molecule has 3 rings (SSSR count). The number of nitrogens with one attached hydrogen (secondary N) is 1. The summed E-state index contributed by atoms with van der Waals surface area (Å²) < 4.78 is 2.01. The SMILES string of the molecule is Cc1cc(C)c2cc3n(c2n1)CCNC3=O. The van der Waals surface area contributed by atoms with Crippen molar-refractivity contribution in [2.24, 2.45) is 0 Å². The van der Waals surface area contributed by atoms with Crippen LogP contribution in [0.25, 0.3) is 11.0 Å². The fraction of sp³-hybridized carbons (Fsp3) is 0.333. The quantitative estimate of drug-likeness (QED) is 0.722. The second-order valence-electron chi connectivity index (χ2n) is 4.25. The number of pyridine rings is 1. The fourth-order valence-electron chi connectivity index (χ4n) is 2.33. The van der Waals surface area contributed by atoms with Gasteiger partial charge < -0.3 is 9.88 Å². The molecule has 0 unspecified atom stereocenters. The van der Waals surface area contributed by atoms with Crippen molar-refractivity contribution in [3.8, 4) is 0 Å². The first-order chi connectivity index (χ1) is 7.66. The van der Waals surface area contributed by atoms with Crippen molar-refractivity contribution in [3.05, 3.63) is 29.1 Å². The van der Waals surface area contributed by atoms with E-state index in [1.807, 2.05) is 23.6 Å². The maximum absolute atomic E-state index is 11.7. The normalized spacial score (nSPS) is 15.0. The first-order valence-electron chi connectivity index (χ1n) is 5.42. The lowest BCUT2D eigenvalue weighted by Crippen LogP contribution is -2.34. The van der Waals surface area contributed by atoms with E-state index in [0.29, 0.717) is 6.54 Å². The van der Waals surface area contributed by atoms with Gasteiger partial charge in [0.1, 0.15) is 11.3 Å². The van der Waals surface area contributed by atoms with E-state index in [9.17, 15) is 4.79 Å². The fourth-order valence-corrected chi connectivity index (χ4v) is 2.33. The van der Waals surface area contributed by atoms with Crippen molar-refractivity contribution in [1.29, 1.82) is 0 Å². The Morgan fingerprint density at radius 2 is 2.19 bits per heavy atom. The largest absolute Gasteiger partial charge is 0.349 e. The average molecular weight is 215 g/mol. The van der Waals surface area contributed by atoms with Gasteiger partial charge in [0.2, 0.25) is 0 Å². The van der Waals surface area contributed by atoms with Gasteiger partial charge in [-0.05, 0) is 31.5 Å². The van der Waals surface area contributed by atoms with Crippen LogP contribution in [0.1, 0.15) is 21.7 Å². The van der Waals surface area contributed by atoms with Crippen LogP contribution in [0.15, 0.2) is 12.1 Å². The molecule has 0 fully saturated rings. The van der Waals surface area contributed by atoms with E-state index in [4.69, 9.17) is 0 Å². The molecule has 0 bridgehead atoms. The van der Waals surface area contributed by atoms with E-state index in [1.165, 1.54) is 5.56 Å². The number of hydrogen-bond donors (Lipinski definition) is 1.